The highest BCUT2D eigenvalue weighted by atomic mass is 16.4. The molecule has 1 atom stereocenters. The first-order valence-corrected chi connectivity index (χ1v) is 8.21. The van der Waals surface area contributed by atoms with Gasteiger partial charge in [-0.1, -0.05) is 38.0 Å². The zero-order valence-electron chi connectivity index (χ0n) is 13.8. The summed E-state index contributed by atoms with van der Waals surface area (Å²) in [7, 11) is 0. The minimum absolute atomic E-state index is 0.244. The van der Waals surface area contributed by atoms with Crippen molar-refractivity contribution in [3.63, 3.8) is 0 Å². The normalized spacial score (nSPS) is 11.9. The molecule has 1 amide bonds. The van der Waals surface area contributed by atoms with Gasteiger partial charge in [0.15, 0.2) is 0 Å². The molecule has 6 nitrogen and oxygen atoms in total. The van der Waals surface area contributed by atoms with Gasteiger partial charge < -0.3 is 10.4 Å². The van der Waals surface area contributed by atoms with Crippen LogP contribution in [0.5, 0.6) is 0 Å². The number of unbranched alkanes of at least 4 members (excludes halogenated alkanes) is 1. The van der Waals surface area contributed by atoms with Crippen LogP contribution in [0.4, 0.5) is 0 Å². The van der Waals surface area contributed by atoms with Crippen LogP contribution < -0.4 is 5.32 Å². The predicted octanol–water partition coefficient (Wildman–Crippen LogP) is 2.56. The summed E-state index contributed by atoms with van der Waals surface area (Å²) in [5.74, 6) is -1.22. The second-order valence-electron chi connectivity index (χ2n) is 5.73. The molecule has 0 aliphatic carbocycles. The van der Waals surface area contributed by atoms with Crippen LogP contribution in [0.15, 0.2) is 42.7 Å². The monoisotopic (exact) mass is 329 g/mol. The summed E-state index contributed by atoms with van der Waals surface area (Å²) in [4.78, 5) is 23.1. The Morgan fingerprint density at radius 1 is 1.29 bits per heavy atom. The van der Waals surface area contributed by atoms with Crippen molar-refractivity contribution in [3.8, 4) is 5.69 Å². The second-order valence-corrected chi connectivity index (χ2v) is 5.73. The number of rotatable bonds is 9. The number of carboxylic acid groups (broad SMARTS) is 1. The van der Waals surface area contributed by atoms with Crippen molar-refractivity contribution in [1.29, 1.82) is 0 Å². The molecule has 0 aliphatic rings. The number of amides is 1. The van der Waals surface area contributed by atoms with Gasteiger partial charge in [0.25, 0.3) is 0 Å². The molecule has 1 aromatic heterocycles. The Hall–Kier alpha value is -2.63. The third kappa shape index (κ3) is 5.22. The molecule has 0 aliphatic heterocycles. The maximum absolute atomic E-state index is 12.0. The Kier molecular flexibility index (Phi) is 6.54. The Morgan fingerprint density at radius 3 is 2.71 bits per heavy atom. The van der Waals surface area contributed by atoms with Crippen LogP contribution >= 0.6 is 0 Å². The molecule has 1 heterocycles. The van der Waals surface area contributed by atoms with Crippen molar-refractivity contribution in [1.82, 2.24) is 15.1 Å². The van der Waals surface area contributed by atoms with Gasteiger partial charge in [0, 0.05) is 12.6 Å². The summed E-state index contributed by atoms with van der Waals surface area (Å²) in [6.07, 6.45) is 6.53. The van der Waals surface area contributed by atoms with Crippen LogP contribution in [0.1, 0.15) is 38.2 Å². The van der Waals surface area contributed by atoms with Crippen LogP contribution in [0.3, 0.4) is 0 Å². The number of nitrogens with zero attached hydrogens (tertiary/aromatic N) is 2. The highest BCUT2D eigenvalue weighted by molar-refractivity contribution is 5.83. The summed E-state index contributed by atoms with van der Waals surface area (Å²) in [5.41, 5.74) is 1.90. The van der Waals surface area contributed by atoms with Crippen LogP contribution in [0.25, 0.3) is 5.69 Å². The lowest BCUT2D eigenvalue weighted by Crippen LogP contribution is -2.40. The number of nitrogens with one attached hydrogen (secondary N) is 1. The van der Waals surface area contributed by atoms with Crippen molar-refractivity contribution in [2.24, 2.45) is 0 Å². The molecule has 0 saturated heterocycles. The van der Waals surface area contributed by atoms with E-state index in [1.807, 2.05) is 43.5 Å². The largest absolute Gasteiger partial charge is 0.480 e. The highest BCUT2D eigenvalue weighted by Gasteiger charge is 2.19. The fraction of sp³-hybridized carbons (Fsp3) is 0.389. The maximum Gasteiger partial charge on any atom is 0.326 e. The number of carbonyl (C=O) groups is 2. The molecule has 2 aromatic rings. The molecule has 2 N–H and O–H groups in total. The van der Waals surface area contributed by atoms with E-state index in [1.165, 1.54) is 0 Å². The minimum atomic E-state index is -0.978. The number of carboxylic acids is 1. The number of aliphatic carboxylic acids is 1. The summed E-state index contributed by atoms with van der Waals surface area (Å²) in [6, 6.07) is 8.92. The lowest BCUT2D eigenvalue weighted by molar-refractivity contribution is -0.142. The molecule has 0 unspecified atom stereocenters. The number of aromatic nitrogens is 2. The smallest absolute Gasteiger partial charge is 0.326 e. The molecular formula is C18H23N3O3. The van der Waals surface area contributed by atoms with E-state index in [0.29, 0.717) is 12.8 Å². The highest BCUT2D eigenvalue weighted by Crippen LogP contribution is 2.09. The number of para-hydroxylation sites is 1. The first-order valence-electron chi connectivity index (χ1n) is 8.21. The number of hydrogen-bond acceptors (Lipinski definition) is 3. The second kappa shape index (κ2) is 8.86. The molecule has 0 bridgehead atoms. The molecule has 2 rings (SSSR count). The van der Waals surface area contributed by atoms with Crippen molar-refractivity contribution in [2.75, 3.05) is 0 Å². The molecule has 24 heavy (non-hydrogen) atoms. The van der Waals surface area contributed by atoms with Gasteiger partial charge in [-0.3, -0.25) is 4.79 Å². The van der Waals surface area contributed by atoms with Gasteiger partial charge in [0.05, 0.1) is 11.9 Å². The van der Waals surface area contributed by atoms with E-state index in [2.05, 4.69) is 10.4 Å². The first kappa shape index (κ1) is 17.7. The molecular weight excluding hydrogens is 306 g/mol. The number of hydrogen-bond donors (Lipinski definition) is 2. The molecule has 0 spiro atoms. The van der Waals surface area contributed by atoms with Crippen molar-refractivity contribution in [3.05, 3.63) is 48.3 Å². The van der Waals surface area contributed by atoms with E-state index in [0.717, 1.165) is 24.1 Å². The number of benzene rings is 1. The number of carbonyl (C=O) groups excluding carboxylic acids is 1. The SMILES string of the molecule is CCCC[C@H](NC(=O)CCc1cnn(-c2ccccc2)c1)C(=O)O. The van der Waals surface area contributed by atoms with Gasteiger partial charge in [-0.05, 0) is 30.5 Å². The summed E-state index contributed by atoms with van der Waals surface area (Å²) in [6.45, 7) is 1.99. The van der Waals surface area contributed by atoms with Crippen molar-refractivity contribution >= 4 is 11.9 Å². The maximum atomic E-state index is 12.0. The summed E-state index contributed by atoms with van der Waals surface area (Å²) in [5, 5.41) is 16.0. The van der Waals surface area contributed by atoms with E-state index < -0.39 is 12.0 Å². The molecule has 0 radical (unpaired) electrons. The van der Waals surface area contributed by atoms with Crippen LogP contribution in [-0.2, 0) is 16.0 Å². The van der Waals surface area contributed by atoms with Crippen LogP contribution in [-0.4, -0.2) is 32.8 Å². The van der Waals surface area contributed by atoms with Gasteiger partial charge >= 0.3 is 5.97 Å². The van der Waals surface area contributed by atoms with E-state index in [-0.39, 0.29) is 12.3 Å². The summed E-state index contributed by atoms with van der Waals surface area (Å²) >= 11 is 0. The predicted molar refractivity (Wildman–Crippen MR) is 91.0 cm³/mol. The number of aryl methyl sites for hydroxylation is 1. The van der Waals surface area contributed by atoms with E-state index >= 15 is 0 Å². The molecule has 1 aromatic carbocycles. The average Bonchev–Trinajstić information content (AvgIpc) is 3.06. The lowest BCUT2D eigenvalue weighted by Gasteiger charge is -2.13. The van der Waals surface area contributed by atoms with Crippen LogP contribution in [0, 0.1) is 0 Å². The average molecular weight is 329 g/mol. The minimum Gasteiger partial charge on any atom is -0.480 e. The first-order chi connectivity index (χ1) is 11.6. The van der Waals surface area contributed by atoms with E-state index in [1.54, 1.807) is 10.9 Å². The third-order valence-electron chi connectivity index (χ3n) is 3.78. The fourth-order valence-corrected chi connectivity index (χ4v) is 2.40. The molecule has 0 saturated carbocycles. The zero-order valence-corrected chi connectivity index (χ0v) is 13.8. The van der Waals surface area contributed by atoms with Gasteiger partial charge in [-0.25, -0.2) is 9.48 Å². The topological polar surface area (TPSA) is 84.2 Å². The van der Waals surface area contributed by atoms with Crippen molar-refractivity contribution < 1.29 is 14.7 Å². The Balaban J connectivity index is 1.85. The van der Waals surface area contributed by atoms with E-state index in [4.69, 9.17) is 5.11 Å². The zero-order chi connectivity index (χ0) is 17.4. The standard InChI is InChI=1S/C18H23N3O3/c1-2-3-9-16(18(23)24)20-17(22)11-10-14-12-19-21(13-14)15-7-5-4-6-8-15/h4-8,12-13,16H,2-3,9-11H2,1H3,(H,20,22)(H,23,24)/t16-/m0/s1. The van der Waals surface area contributed by atoms with Crippen LogP contribution in [0.2, 0.25) is 0 Å². The molecule has 128 valence electrons. The van der Waals surface area contributed by atoms with E-state index in [9.17, 15) is 9.59 Å². The van der Waals surface area contributed by atoms with Gasteiger partial charge in [-0.2, -0.15) is 5.10 Å². The fourth-order valence-electron chi connectivity index (χ4n) is 2.40. The Bertz CT molecular complexity index is 667. The van der Waals surface area contributed by atoms with Crippen molar-refractivity contribution in [2.45, 2.75) is 45.1 Å². The van der Waals surface area contributed by atoms with Gasteiger partial charge in [0.2, 0.25) is 5.91 Å². The lowest BCUT2D eigenvalue weighted by atomic mass is 10.1. The quantitative estimate of drug-likeness (QED) is 0.740. The Labute approximate surface area is 141 Å². The summed E-state index contributed by atoms with van der Waals surface area (Å²) < 4.78 is 1.76. The molecule has 0 fully saturated rings. The van der Waals surface area contributed by atoms with Gasteiger partial charge in [-0.15, -0.1) is 0 Å². The molecule has 6 heteroatoms. The third-order valence-corrected chi connectivity index (χ3v) is 3.78. The van der Waals surface area contributed by atoms with Gasteiger partial charge in [0.1, 0.15) is 6.04 Å². The Morgan fingerprint density at radius 2 is 2.04 bits per heavy atom.